The Hall–Kier alpha value is -1.10. The zero-order valence-electron chi connectivity index (χ0n) is 8.07. The minimum absolute atomic E-state index is 0.0628. The third-order valence-corrected chi connectivity index (χ3v) is 1.61. The smallest absolute Gasteiger partial charge is 0.303 e. The molecule has 1 rings (SSSR count). The second kappa shape index (κ2) is 8.50. The monoisotopic (exact) mass is 204 g/mol. The summed E-state index contributed by atoms with van der Waals surface area (Å²) in [6, 6.07) is 0. The molecule has 0 amide bonds. The van der Waals surface area contributed by atoms with E-state index in [1.165, 1.54) is 6.42 Å². The van der Waals surface area contributed by atoms with Crippen molar-refractivity contribution in [2.75, 3.05) is 13.2 Å². The fourth-order valence-corrected chi connectivity index (χ4v) is 0.697. The second-order valence-electron chi connectivity index (χ2n) is 2.96. The first kappa shape index (κ1) is 12.9. The van der Waals surface area contributed by atoms with Crippen LogP contribution in [0.5, 0.6) is 0 Å². The molecule has 82 valence electrons. The van der Waals surface area contributed by atoms with Gasteiger partial charge in [0.2, 0.25) is 0 Å². The summed E-state index contributed by atoms with van der Waals surface area (Å²) in [5.41, 5.74) is 0. The third kappa shape index (κ3) is 10.9. The first-order valence-electron chi connectivity index (χ1n) is 4.64. The molecule has 0 aliphatic carbocycles. The normalized spacial score (nSPS) is 13.4. The van der Waals surface area contributed by atoms with Crippen molar-refractivity contribution in [3.63, 3.8) is 0 Å². The topological polar surface area (TPSA) is 83.8 Å². The van der Waals surface area contributed by atoms with Gasteiger partial charge >= 0.3 is 11.9 Å². The Labute approximate surface area is 82.7 Å². The Morgan fingerprint density at radius 1 is 1.00 bits per heavy atom. The SMILES string of the molecule is C1COC1.O=C(O)CCCCC(=O)O. The lowest BCUT2D eigenvalue weighted by atomic mass is 10.2. The number of carboxylic acid groups (broad SMARTS) is 2. The Kier molecular flexibility index (Phi) is 7.83. The molecule has 0 atom stereocenters. The summed E-state index contributed by atoms with van der Waals surface area (Å²) in [4.78, 5) is 19.8. The maximum atomic E-state index is 9.90. The number of unbranched alkanes of at least 4 members (excludes halogenated alkanes) is 1. The Bertz CT molecular complexity index is 154. The highest BCUT2D eigenvalue weighted by molar-refractivity contribution is 5.67. The van der Waals surface area contributed by atoms with Crippen LogP contribution in [0.25, 0.3) is 0 Å². The fraction of sp³-hybridized carbons (Fsp3) is 0.778. The van der Waals surface area contributed by atoms with Gasteiger partial charge in [0.05, 0.1) is 0 Å². The molecule has 0 aromatic carbocycles. The van der Waals surface area contributed by atoms with Crippen molar-refractivity contribution in [3.8, 4) is 0 Å². The van der Waals surface area contributed by atoms with E-state index in [1.807, 2.05) is 0 Å². The zero-order valence-corrected chi connectivity index (χ0v) is 8.07. The van der Waals surface area contributed by atoms with E-state index in [2.05, 4.69) is 0 Å². The van der Waals surface area contributed by atoms with Crippen LogP contribution in [0.1, 0.15) is 32.1 Å². The van der Waals surface area contributed by atoms with Gasteiger partial charge in [-0.2, -0.15) is 0 Å². The largest absolute Gasteiger partial charge is 0.481 e. The summed E-state index contributed by atoms with van der Waals surface area (Å²) in [6.45, 7) is 2.00. The van der Waals surface area contributed by atoms with Crippen molar-refractivity contribution < 1.29 is 24.5 Å². The molecule has 0 unspecified atom stereocenters. The zero-order chi connectivity index (χ0) is 10.8. The van der Waals surface area contributed by atoms with Crippen LogP contribution >= 0.6 is 0 Å². The summed E-state index contributed by atoms with van der Waals surface area (Å²) < 4.78 is 4.72. The molecular formula is C9H16O5. The van der Waals surface area contributed by atoms with Crippen molar-refractivity contribution >= 4 is 11.9 Å². The van der Waals surface area contributed by atoms with Crippen LogP contribution in [0.2, 0.25) is 0 Å². The molecule has 0 aromatic heterocycles. The fourth-order valence-electron chi connectivity index (χ4n) is 0.697. The molecule has 1 saturated heterocycles. The third-order valence-electron chi connectivity index (χ3n) is 1.61. The van der Waals surface area contributed by atoms with Crippen LogP contribution in [0, 0.1) is 0 Å². The van der Waals surface area contributed by atoms with Gasteiger partial charge in [0.1, 0.15) is 0 Å². The van der Waals surface area contributed by atoms with Crippen molar-refractivity contribution in [2.24, 2.45) is 0 Å². The maximum absolute atomic E-state index is 9.90. The highest BCUT2D eigenvalue weighted by Gasteiger charge is 1.99. The van der Waals surface area contributed by atoms with Gasteiger partial charge < -0.3 is 14.9 Å². The first-order chi connectivity index (χ1) is 6.63. The van der Waals surface area contributed by atoms with Crippen LogP contribution in [0.15, 0.2) is 0 Å². The number of hydrogen-bond donors (Lipinski definition) is 2. The van der Waals surface area contributed by atoms with Gasteiger partial charge in [0.25, 0.3) is 0 Å². The molecule has 1 aliphatic heterocycles. The minimum Gasteiger partial charge on any atom is -0.481 e. The van der Waals surface area contributed by atoms with Gasteiger partial charge in [-0.15, -0.1) is 0 Å². The van der Waals surface area contributed by atoms with Gasteiger partial charge in [-0.3, -0.25) is 9.59 Å². The van der Waals surface area contributed by atoms with Crippen molar-refractivity contribution in [2.45, 2.75) is 32.1 Å². The number of rotatable bonds is 5. The van der Waals surface area contributed by atoms with E-state index in [4.69, 9.17) is 14.9 Å². The molecule has 0 radical (unpaired) electrons. The molecule has 14 heavy (non-hydrogen) atoms. The lowest BCUT2D eigenvalue weighted by Gasteiger charge is -2.09. The number of carbonyl (C=O) groups is 2. The number of hydrogen-bond acceptors (Lipinski definition) is 3. The summed E-state index contributed by atoms with van der Waals surface area (Å²) >= 11 is 0. The van der Waals surface area contributed by atoms with E-state index in [0.29, 0.717) is 12.8 Å². The molecule has 5 nitrogen and oxygen atoms in total. The Morgan fingerprint density at radius 2 is 1.29 bits per heavy atom. The first-order valence-corrected chi connectivity index (χ1v) is 4.64. The van der Waals surface area contributed by atoms with E-state index in [1.54, 1.807) is 0 Å². The molecule has 0 spiro atoms. The van der Waals surface area contributed by atoms with E-state index in [9.17, 15) is 9.59 Å². The van der Waals surface area contributed by atoms with Crippen LogP contribution in [0.3, 0.4) is 0 Å². The molecule has 1 heterocycles. The lowest BCUT2D eigenvalue weighted by Crippen LogP contribution is -2.09. The van der Waals surface area contributed by atoms with Gasteiger partial charge in [-0.05, 0) is 19.3 Å². The van der Waals surface area contributed by atoms with Crippen LogP contribution < -0.4 is 0 Å². The highest BCUT2D eigenvalue weighted by atomic mass is 16.5. The summed E-state index contributed by atoms with van der Waals surface area (Å²) in [7, 11) is 0. The molecule has 0 aromatic rings. The number of ether oxygens (including phenoxy) is 1. The van der Waals surface area contributed by atoms with Crippen molar-refractivity contribution in [1.82, 2.24) is 0 Å². The summed E-state index contributed by atoms with van der Waals surface area (Å²) in [6.07, 6.45) is 2.30. The van der Waals surface area contributed by atoms with Gasteiger partial charge in [-0.1, -0.05) is 0 Å². The number of aliphatic carboxylic acids is 2. The maximum Gasteiger partial charge on any atom is 0.303 e. The molecule has 1 fully saturated rings. The van der Waals surface area contributed by atoms with E-state index in [0.717, 1.165) is 13.2 Å². The Balaban J connectivity index is 0.000000344. The predicted octanol–water partition coefficient (Wildman–Crippen LogP) is 1.12. The molecule has 5 heteroatoms. The quantitative estimate of drug-likeness (QED) is 0.655. The minimum atomic E-state index is -0.870. The van der Waals surface area contributed by atoms with Crippen molar-refractivity contribution in [3.05, 3.63) is 0 Å². The molecule has 1 aliphatic rings. The van der Waals surface area contributed by atoms with Crippen LogP contribution in [-0.2, 0) is 14.3 Å². The van der Waals surface area contributed by atoms with E-state index in [-0.39, 0.29) is 12.8 Å². The second-order valence-corrected chi connectivity index (χ2v) is 2.96. The summed E-state index contributed by atoms with van der Waals surface area (Å²) in [5, 5.41) is 16.3. The highest BCUT2D eigenvalue weighted by Crippen LogP contribution is 1.98. The van der Waals surface area contributed by atoms with E-state index >= 15 is 0 Å². The number of carboxylic acids is 2. The van der Waals surface area contributed by atoms with E-state index < -0.39 is 11.9 Å². The molecule has 0 saturated carbocycles. The predicted molar refractivity (Wildman–Crippen MR) is 49.2 cm³/mol. The van der Waals surface area contributed by atoms with Gasteiger partial charge in [0.15, 0.2) is 0 Å². The average molecular weight is 204 g/mol. The van der Waals surface area contributed by atoms with Crippen LogP contribution in [-0.4, -0.2) is 35.4 Å². The lowest BCUT2D eigenvalue weighted by molar-refractivity contribution is -0.139. The van der Waals surface area contributed by atoms with Gasteiger partial charge in [0, 0.05) is 26.1 Å². The average Bonchev–Trinajstić information content (AvgIpc) is 1.94. The standard InChI is InChI=1S/C6H10O4.C3H6O/c7-5(8)3-1-2-4-6(9)10;1-2-4-3-1/h1-4H2,(H,7,8)(H,9,10);1-3H2. The van der Waals surface area contributed by atoms with Gasteiger partial charge in [-0.25, -0.2) is 0 Å². The van der Waals surface area contributed by atoms with Crippen LogP contribution in [0.4, 0.5) is 0 Å². The summed E-state index contributed by atoms with van der Waals surface area (Å²) in [5.74, 6) is -1.74. The molecule has 2 N–H and O–H groups in total. The molecular weight excluding hydrogens is 188 g/mol. The molecule has 0 bridgehead atoms. The Morgan fingerprint density at radius 3 is 1.43 bits per heavy atom. The van der Waals surface area contributed by atoms with Crippen molar-refractivity contribution in [1.29, 1.82) is 0 Å².